The predicted molar refractivity (Wildman–Crippen MR) is 101 cm³/mol. The monoisotopic (exact) mass is 336 g/mol. The van der Waals surface area contributed by atoms with Crippen molar-refractivity contribution in [3.05, 3.63) is 70.9 Å². The Balaban J connectivity index is 2.18. The molecule has 3 aromatic rings. The fourth-order valence-corrected chi connectivity index (χ4v) is 3.23. The number of nitrogens with zero attached hydrogens (tertiary/aromatic N) is 1. The van der Waals surface area contributed by atoms with Gasteiger partial charge in [-0.3, -0.25) is 0 Å². The predicted octanol–water partition coefficient (Wildman–Crippen LogP) is 4.19. The van der Waals surface area contributed by atoms with Crippen molar-refractivity contribution >= 4 is 16.9 Å². The largest absolute Gasteiger partial charge is 0.477 e. The Morgan fingerprint density at radius 2 is 1.80 bits per heavy atom. The number of hydrogen-bond donors (Lipinski definition) is 2. The van der Waals surface area contributed by atoms with Gasteiger partial charge in [0.25, 0.3) is 0 Å². The van der Waals surface area contributed by atoms with Gasteiger partial charge in [-0.1, -0.05) is 56.3 Å². The second-order valence-electron chi connectivity index (χ2n) is 6.70. The Labute approximate surface area is 148 Å². The van der Waals surface area contributed by atoms with Gasteiger partial charge in [-0.15, -0.1) is 0 Å². The molecule has 0 fully saturated rings. The van der Waals surface area contributed by atoms with Crippen molar-refractivity contribution in [2.24, 2.45) is 0 Å². The number of aromatic nitrogens is 1. The molecule has 0 aliphatic carbocycles. The Morgan fingerprint density at radius 1 is 1.12 bits per heavy atom. The maximum absolute atomic E-state index is 12.1. The van der Waals surface area contributed by atoms with Crippen molar-refractivity contribution < 1.29 is 9.90 Å². The van der Waals surface area contributed by atoms with Crippen LogP contribution in [0.2, 0.25) is 0 Å². The third kappa shape index (κ3) is 3.44. The van der Waals surface area contributed by atoms with Gasteiger partial charge >= 0.3 is 5.97 Å². The van der Waals surface area contributed by atoms with Crippen LogP contribution in [-0.2, 0) is 13.1 Å². The number of carbonyl (C=O) groups is 1. The lowest BCUT2D eigenvalue weighted by Gasteiger charge is -2.12. The summed E-state index contributed by atoms with van der Waals surface area (Å²) in [5.74, 6) is -0.884. The summed E-state index contributed by atoms with van der Waals surface area (Å²) in [5, 5.41) is 14.3. The second-order valence-corrected chi connectivity index (χ2v) is 6.70. The smallest absolute Gasteiger partial charge is 0.352 e. The standard InChI is InChI=1S/C21H24N2O2/c1-14(2)22-12-18-17-10-6-7-11-19(17)23(20(18)21(24)25)13-16-9-5-4-8-15(16)3/h4-11,14,22H,12-13H2,1-3H3,(H,24,25). The molecule has 0 spiro atoms. The fourth-order valence-electron chi connectivity index (χ4n) is 3.23. The fraction of sp³-hybridized carbons (Fsp3) is 0.286. The first-order valence-corrected chi connectivity index (χ1v) is 8.60. The molecule has 2 N–H and O–H groups in total. The van der Waals surface area contributed by atoms with Crippen LogP contribution in [-0.4, -0.2) is 21.7 Å². The highest BCUT2D eigenvalue weighted by Crippen LogP contribution is 2.28. The number of carboxylic acid groups (broad SMARTS) is 1. The van der Waals surface area contributed by atoms with Crippen molar-refractivity contribution in [1.29, 1.82) is 0 Å². The zero-order chi connectivity index (χ0) is 18.0. The van der Waals surface area contributed by atoms with E-state index in [9.17, 15) is 9.90 Å². The van der Waals surface area contributed by atoms with Gasteiger partial charge in [0.1, 0.15) is 5.69 Å². The molecule has 3 rings (SSSR count). The zero-order valence-electron chi connectivity index (χ0n) is 14.9. The van der Waals surface area contributed by atoms with Gasteiger partial charge in [-0.05, 0) is 24.1 Å². The topological polar surface area (TPSA) is 54.3 Å². The van der Waals surface area contributed by atoms with Gasteiger partial charge in [0, 0.05) is 35.6 Å². The van der Waals surface area contributed by atoms with E-state index in [-0.39, 0.29) is 0 Å². The van der Waals surface area contributed by atoms with Crippen LogP contribution in [0.4, 0.5) is 0 Å². The van der Waals surface area contributed by atoms with Crippen LogP contribution in [0.15, 0.2) is 48.5 Å². The lowest BCUT2D eigenvalue weighted by atomic mass is 10.1. The first kappa shape index (κ1) is 17.2. The first-order valence-electron chi connectivity index (χ1n) is 8.60. The molecule has 130 valence electrons. The van der Waals surface area contributed by atoms with Gasteiger partial charge in [0.05, 0.1) is 0 Å². The van der Waals surface area contributed by atoms with E-state index in [0.717, 1.165) is 22.0 Å². The molecule has 0 bridgehead atoms. The highest BCUT2D eigenvalue weighted by atomic mass is 16.4. The normalized spacial score (nSPS) is 11.4. The molecule has 0 unspecified atom stereocenters. The van der Waals surface area contributed by atoms with Gasteiger partial charge in [-0.25, -0.2) is 4.79 Å². The number of para-hydroxylation sites is 1. The van der Waals surface area contributed by atoms with E-state index < -0.39 is 5.97 Å². The molecule has 0 amide bonds. The van der Waals surface area contributed by atoms with E-state index in [4.69, 9.17) is 0 Å². The van der Waals surface area contributed by atoms with Crippen molar-refractivity contribution in [3.63, 3.8) is 0 Å². The molecule has 2 aromatic carbocycles. The molecule has 4 nitrogen and oxygen atoms in total. The molecule has 1 heterocycles. The Morgan fingerprint density at radius 3 is 2.48 bits per heavy atom. The van der Waals surface area contributed by atoms with Crippen LogP contribution >= 0.6 is 0 Å². The average molecular weight is 336 g/mol. The molecule has 0 saturated carbocycles. The number of rotatable bonds is 6. The average Bonchev–Trinajstić information content (AvgIpc) is 2.89. The van der Waals surface area contributed by atoms with E-state index in [1.165, 1.54) is 5.56 Å². The van der Waals surface area contributed by atoms with Crippen LogP contribution in [0.3, 0.4) is 0 Å². The molecular weight excluding hydrogens is 312 g/mol. The first-order chi connectivity index (χ1) is 12.0. The molecule has 0 aliphatic rings. The van der Waals surface area contributed by atoms with E-state index in [2.05, 4.69) is 38.2 Å². The van der Waals surface area contributed by atoms with Gasteiger partial charge in [-0.2, -0.15) is 0 Å². The summed E-state index contributed by atoms with van der Waals surface area (Å²) in [4.78, 5) is 12.1. The zero-order valence-corrected chi connectivity index (χ0v) is 14.9. The minimum atomic E-state index is -0.884. The lowest BCUT2D eigenvalue weighted by molar-refractivity contribution is 0.0684. The third-order valence-corrected chi connectivity index (χ3v) is 4.56. The van der Waals surface area contributed by atoms with Gasteiger partial charge in [0.2, 0.25) is 0 Å². The van der Waals surface area contributed by atoms with Gasteiger partial charge in [0.15, 0.2) is 0 Å². The Kier molecular flexibility index (Phi) is 4.91. The van der Waals surface area contributed by atoms with E-state index >= 15 is 0 Å². The number of hydrogen-bond acceptors (Lipinski definition) is 2. The van der Waals surface area contributed by atoms with Crippen LogP contribution in [0.1, 0.15) is 41.0 Å². The summed E-state index contributed by atoms with van der Waals surface area (Å²) in [7, 11) is 0. The number of benzene rings is 2. The van der Waals surface area contributed by atoms with Crippen LogP contribution in [0, 0.1) is 6.92 Å². The van der Waals surface area contributed by atoms with Gasteiger partial charge < -0.3 is 15.0 Å². The summed E-state index contributed by atoms with van der Waals surface area (Å²) >= 11 is 0. The SMILES string of the molecule is Cc1ccccc1Cn1c(C(=O)O)c(CNC(C)C)c2ccccc21. The Hall–Kier alpha value is -2.59. The highest BCUT2D eigenvalue weighted by Gasteiger charge is 2.22. The molecule has 0 radical (unpaired) electrons. The van der Waals surface area contributed by atoms with E-state index in [0.29, 0.717) is 24.8 Å². The van der Waals surface area contributed by atoms with Crippen molar-refractivity contribution in [1.82, 2.24) is 9.88 Å². The molecular formula is C21H24N2O2. The molecule has 4 heteroatoms. The summed E-state index contributed by atoms with van der Waals surface area (Å²) < 4.78 is 1.93. The van der Waals surface area contributed by atoms with E-state index in [1.807, 2.05) is 41.0 Å². The van der Waals surface area contributed by atoms with Crippen molar-refractivity contribution in [2.45, 2.75) is 39.9 Å². The summed E-state index contributed by atoms with van der Waals surface area (Å²) in [6.07, 6.45) is 0. The lowest BCUT2D eigenvalue weighted by Crippen LogP contribution is -2.23. The van der Waals surface area contributed by atoms with E-state index in [1.54, 1.807) is 0 Å². The minimum Gasteiger partial charge on any atom is -0.477 e. The molecule has 25 heavy (non-hydrogen) atoms. The number of aromatic carboxylic acids is 1. The highest BCUT2D eigenvalue weighted by molar-refractivity contribution is 5.98. The maximum atomic E-state index is 12.1. The third-order valence-electron chi connectivity index (χ3n) is 4.56. The number of nitrogens with one attached hydrogen (secondary N) is 1. The number of carboxylic acids is 1. The van der Waals surface area contributed by atoms with Crippen LogP contribution < -0.4 is 5.32 Å². The molecule has 0 atom stereocenters. The van der Waals surface area contributed by atoms with Crippen molar-refractivity contribution in [2.75, 3.05) is 0 Å². The maximum Gasteiger partial charge on any atom is 0.352 e. The molecule has 0 aliphatic heterocycles. The molecule has 0 saturated heterocycles. The van der Waals surface area contributed by atoms with Crippen LogP contribution in [0.25, 0.3) is 10.9 Å². The quantitative estimate of drug-likeness (QED) is 0.709. The van der Waals surface area contributed by atoms with Crippen LogP contribution in [0.5, 0.6) is 0 Å². The molecule has 1 aromatic heterocycles. The number of aryl methyl sites for hydroxylation is 1. The summed E-state index contributed by atoms with van der Waals surface area (Å²) in [5.41, 5.74) is 4.49. The minimum absolute atomic E-state index is 0.292. The second kappa shape index (κ2) is 7.11. The summed E-state index contributed by atoms with van der Waals surface area (Å²) in [6, 6.07) is 16.3. The Bertz CT molecular complexity index is 909. The van der Waals surface area contributed by atoms with Crippen molar-refractivity contribution in [3.8, 4) is 0 Å². The number of fused-ring (bicyclic) bond motifs is 1. The summed E-state index contributed by atoms with van der Waals surface area (Å²) in [6.45, 7) is 7.28.